The highest BCUT2D eigenvalue weighted by Crippen LogP contribution is 2.17. The van der Waals surface area contributed by atoms with E-state index in [1.165, 1.54) is 6.07 Å². The monoisotopic (exact) mass is 262 g/mol. The first-order valence-electron chi connectivity index (χ1n) is 6.50. The Morgan fingerprint density at radius 2 is 2.00 bits per heavy atom. The molecular weight excluding hydrogens is 243 g/mol. The van der Waals surface area contributed by atoms with Gasteiger partial charge in [0.2, 0.25) is 0 Å². The molecule has 102 valence electrons. The number of likely N-dealkylation sites (N-methyl/N-ethyl adjacent to an activating group) is 1. The highest BCUT2D eigenvalue weighted by atomic mass is 19.1. The lowest BCUT2D eigenvalue weighted by Gasteiger charge is -2.20. The van der Waals surface area contributed by atoms with Gasteiger partial charge in [0.25, 0.3) is 0 Å². The number of aromatic nitrogens is 1. The molecule has 3 nitrogen and oxygen atoms in total. The SMILES string of the molecule is CCN(CCO)Cc1cccn1-c1ccccc1F. The number of rotatable bonds is 6. The molecule has 0 amide bonds. The van der Waals surface area contributed by atoms with E-state index in [1.807, 2.05) is 35.9 Å². The zero-order valence-electron chi connectivity index (χ0n) is 11.1. The maximum atomic E-state index is 13.8. The van der Waals surface area contributed by atoms with Crippen molar-refractivity contribution >= 4 is 0 Å². The van der Waals surface area contributed by atoms with Crippen LogP contribution >= 0.6 is 0 Å². The number of aliphatic hydroxyl groups excluding tert-OH is 1. The second-order valence-electron chi connectivity index (χ2n) is 4.41. The summed E-state index contributed by atoms with van der Waals surface area (Å²) < 4.78 is 15.7. The zero-order valence-corrected chi connectivity index (χ0v) is 11.1. The molecule has 0 radical (unpaired) electrons. The number of hydrogen-bond donors (Lipinski definition) is 1. The van der Waals surface area contributed by atoms with Crippen LogP contribution in [0.15, 0.2) is 42.6 Å². The fourth-order valence-corrected chi connectivity index (χ4v) is 2.15. The molecule has 0 unspecified atom stereocenters. The highest BCUT2D eigenvalue weighted by molar-refractivity contribution is 5.36. The van der Waals surface area contributed by atoms with Gasteiger partial charge in [-0.2, -0.15) is 0 Å². The van der Waals surface area contributed by atoms with Crippen molar-refractivity contribution in [2.24, 2.45) is 0 Å². The van der Waals surface area contributed by atoms with Crippen LogP contribution in [0.4, 0.5) is 4.39 Å². The molecular formula is C15H19FN2O. The predicted octanol–water partition coefficient (Wildman–Crippen LogP) is 2.43. The summed E-state index contributed by atoms with van der Waals surface area (Å²) in [6.45, 7) is 4.35. The van der Waals surface area contributed by atoms with Crippen LogP contribution in [0.3, 0.4) is 0 Å². The molecule has 1 N–H and O–H groups in total. The molecule has 1 aromatic heterocycles. The lowest BCUT2D eigenvalue weighted by Crippen LogP contribution is -2.27. The maximum absolute atomic E-state index is 13.8. The Kier molecular flexibility index (Phi) is 4.71. The number of aliphatic hydroxyl groups is 1. The van der Waals surface area contributed by atoms with E-state index >= 15 is 0 Å². The third-order valence-electron chi connectivity index (χ3n) is 3.19. The van der Waals surface area contributed by atoms with Crippen molar-refractivity contribution in [2.75, 3.05) is 19.7 Å². The molecule has 0 aliphatic rings. The van der Waals surface area contributed by atoms with Gasteiger partial charge in [0.05, 0.1) is 12.3 Å². The summed E-state index contributed by atoms with van der Waals surface area (Å²) in [6.07, 6.45) is 1.86. The molecule has 2 rings (SSSR count). The number of benzene rings is 1. The smallest absolute Gasteiger partial charge is 0.147 e. The molecule has 2 aromatic rings. The number of nitrogens with zero attached hydrogens (tertiary/aromatic N) is 2. The van der Waals surface area contributed by atoms with Crippen LogP contribution in [0.25, 0.3) is 5.69 Å². The fraction of sp³-hybridized carbons (Fsp3) is 0.333. The van der Waals surface area contributed by atoms with Gasteiger partial charge in [0, 0.05) is 25.0 Å². The molecule has 1 heterocycles. The first kappa shape index (κ1) is 13.8. The second-order valence-corrected chi connectivity index (χ2v) is 4.41. The third kappa shape index (κ3) is 3.22. The minimum absolute atomic E-state index is 0.133. The van der Waals surface area contributed by atoms with E-state index in [0.29, 0.717) is 18.8 Å². The van der Waals surface area contributed by atoms with Crippen molar-refractivity contribution < 1.29 is 9.50 Å². The summed E-state index contributed by atoms with van der Waals surface area (Å²) >= 11 is 0. The summed E-state index contributed by atoms with van der Waals surface area (Å²) in [5, 5.41) is 9.02. The Bertz CT molecular complexity index is 524. The first-order chi connectivity index (χ1) is 9.26. The number of halogens is 1. The van der Waals surface area contributed by atoms with Crippen LogP contribution in [0.1, 0.15) is 12.6 Å². The summed E-state index contributed by atoms with van der Waals surface area (Å²) in [6, 6.07) is 10.6. The van der Waals surface area contributed by atoms with Crippen molar-refractivity contribution in [3.8, 4) is 5.69 Å². The summed E-state index contributed by atoms with van der Waals surface area (Å²) in [4.78, 5) is 2.12. The second kappa shape index (κ2) is 6.50. The van der Waals surface area contributed by atoms with Crippen molar-refractivity contribution in [2.45, 2.75) is 13.5 Å². The average Bonchev–Trinajstić information content (AvgIpc) is 2.87. The van der Waals surface area contributed by atoms with E-state index < -0.39 is 0 Å². The quantitative estimate of drug-likeness (QED) is 0.866. The van der Waals surface area contributed by atoms with Crippen LogP contribution in [0, 0.1) is 5.82 Å². The minimum atomic E-state index is -0.231. The molecule has 0 fully saturated rings. The predicted molar refractivity (Wildman–Crippen MR) is 73.8 cm³/mol. The van der Waals surface area contributed by atoms with E-state index in [4.69, 9.17) is 5.11 Å². The maximum Gasteiger partial charge on any atom is 0.147 e. The average molecular weight is 262 g/mol. The van der Waals surface area contributed by atoms with Gasteiger partial charge >= 0.3 is 0 Å². The van der Waals surface area contributed by atoms with E-state index in [1.54, 1.807) is 12.1 Å². The molecule has 1 aromatic carbocycles. The number of para-hydroxylation sites is 1. The molecule has 0 bridgehead atoms. The van der Waals surface area contributed by atoms with Crippen molar-refractivity contribution in [3.63, 3.8) is 0 Å². The Hall–Kier alpha value is -1.65. The van der Waals surface area contributed by atoms with E-state index in [9.17, 15) is 4.39 Å². The molecule has 19 heavy (non-hydrogen) atoms. The Labute approximate surface area is 112 Å². The van der Waals surface area contributed by atoms with Crippen LogP contribution in [0.2, 0.25) is 0 Å². The van der Waals surface area contributed by atoms with Crippen molar-refractivity contribution in [1.82, 2.24) is 9.47 Å². The summed E-state index contributed by atoms with van der Waals surface area (Å²) in [7, 11) is 0. The van der Waals surface area contributed by atoms with Gasteiger partial charge in [0.15, 0.2) is 0 Å². The van der Waals surface area contributed by atoms with Crippen LogP contribution < -0.4 is 0 Å². The summed E-state index contributed by atoms with van der Waals surface area (Å²) in [5.74, 6) is -0.231. The van der Waals surface area contributed by atoms with E-state index in [2.05, 4.69) is 4.90 Å². The molecule has 0 aliphatic heterocycles. The van der Waals surface area contributed by atoms with Gasteiger partial charge in [-0.25, -0.2) is 4.39 Å². The molecule has 0 saturated heterocycles. The zero-order chi connectivity index (χ0) is 13.7. The van der Waals surface area contributed by atoms with Crippen molar-refractivity contribution in [1.29, 1.82) is 0 Å². The molecule has 0 atom stereocenters. The molecule has 0 saturated carbocycles. The Morgan fingerprint density at radius 3 is 2.68 bits per heavy atom. The van der Waals surface area contributed by atoms with Crippen LogP contribution in [-0.4, -0.2) is 34.3 Å². The lowest BCUT2D eigenvalue weighted by molar-refractivity contribution is 0.195. The number of hydrogen-bond acceptors (Lipinski definition) is 2. The highest BCUT2D eigenvalue weighted by Gasteiger charge is 2.10. The minimum Gasteiger partial charge on any atom is -0.395 e. The van der Waals surface area contributed by atoms with Gasteiger partial charge in [-0.3, -0.25) is 4.90 Å². The summed E-state index contributed by atoms with van der Waals surface area (Å²) in [5.41, 5.74) is 1.57. The van der Waals surface area contributed by atoms with Crippen LogP contribution in [0.5, 0.6) is 0 Å². The fourth-order valence-electron chi connectivity index (χ4n) is 2.15. The Morgan fingerprint density at radius 1 is 1.21 bits per heavy atom. The molecule has 0 aliphatic carbocycles. The standard InChI is InChI=1S/C15H19FN2O/c1-2-17(10-11-19)12-13-6-5-9-18(13)15-8-4-3-7-14(15)16/h3-9,19H,2,10-12H2,1H3. The van der Waals surface area contributed by atoms with Gasteiger partial charge in [-0.1, -0.05) is 19.1 Å². The Balaban J connectivity index is 2.25. The topological polar surface area (TPSA) is 28.4 Å². The molecule has 0 spiro atoms. The van der Waals surface area contributed by atoms with Gasteiger partial charge < -0.3 is 9.67 Å². The lowest BCUT2D eigenvalue weighted by atomic mass is 10.3. The first-order valence-corrected chi connectivity index (χ1v) is 6.50. The molecule has 4 heteroatoms. The van der Waals surface area contributed by atoms with Crippen molar-refractivity contribution in [3.05, 3.63) is 54.1 Å². The van der Waals surface area contributed by atoms with E-state index in [-0.39, 0.29) is 12.4 Å². The normalized spacial score (nSPS) is 11.2. The van der Waals surface area contributed by atoms with Gasteiger partial charge in [0.1, 0.15) is 5.82 Å². The van der Waals surface area contributed by atoms with Gasteiger partial charge in [-0.15, -0.1) is 0 Å². The van der Waals surface area contributed by atoms with E-state index in [0.717, 1.165) is 12.2 Å². The largest absolute Gasteiger partial charge is 0.395 e. The third-order valence-corrected chi connectivity index (χ3v) is 3.19. The van der Waals surface area contributed by atoms with Gasteiger partial charge in [-0.05, 0) is 30.8 Å². The van der Waals surface area contributed by atoms with Crippen LogP contribution in [-0.2, 0) is 6.54 Å².